The number of amides is 1. The molecule has 1 heterocycles. The number of hydrogen-bond donors (Lipinski definition) is 2. The van der Waals surface area contributed by atoms with E-state index < -0.39 is 0 Å². The molecule has 3 rings (SSSR count). The molecule has 9 nitrogen and oxygen atoms in total. The molecule has 0 aliphatic rings. The Hall–Kier alpha value is -4.41. The Bertz CT molecular complexity index is 1400. The number of nitrogen functional groups attached to an aromatic ring is 1. The highest BCUT2D eigenvalue weighted by Gasteiger charge is 2.23. The third-order valence-corrected chi connectivity index (χ3v) is 6.70. The lowest BCUT2D eigenvalue weighted by Crippen LogP contribution is -2.12. The van der Waals surface area contributed by atoms with Crippen molar-refractivity contribution in [2.24, 2.45) is 0 Å². The molecule has 3 N–H and O–H groups in total. The predicted molar refractivity (Wildman–Crippen MR) is 143 cm³/mol. The fourth-order valence-electron chi connectivity index (χ4n) is 3.70. The maximum absolute atomic E-state index is 12.5. The van der Waals surface area contributed by atoms with Gasteiger partial charge in [-0.1, -0.05) is 6.07 Å². The number of aryl methyl sites for hydroxylation is 2. The molecule has 3 aromatic rings. The van der Waals surface area contributed by atoms with Gasteiger partial charge in [-0.2, -0.15) is 10.5 Å². The lowest BCUT2D eigenvalue weighted by atomic mass is 9.96. The number of thioether (sulfide) groups is 1. The normalized spacial score (nSPS) is 10.2. The van der Waals surface area contributed by atoms with Gasteiger partial charge < -0.3 is 25.3 Å². The van der Waals surface area contributed by atoms with Gasteiger partial charge in [0.15, 0.2) is 11.5 Å². The summed E-state index contributed by atoms with van der Waals surface area (Å²) in [5.74, 6) is 1.25. The molecule has 1 amide bonds. The molecule has 2 aromatic carbocycles. The number of nitrogens with two attached hydrogens (primary N) is 1. The van der Waals surface area contributed by atoms with Crippen LogP contribution in [0.2, 0.25) is 0 Å². The third-order valence-electron chi connectivity index (χ3n) is 5.73. The first-order valence-electron chi connectivity index (χ1n) is 11.2. The molecule has 0 spiro atoms. The molecule has 0 aliphatic carbocycles. The number of nitrogens with one attached hydrogen (secondary N) is 1. The Kier molecular flexibility index (Phi) is 8.83. The smallest absolute Gasteiger partial charge is 0.225 e. The van der Waals surface area contributed by atoms with Gasteiger partial charge in [0.25, 0.3) is 0 Å². The number of nitriles is 2. The van der Waals surface area contributed by atoms with Gasteiger partial charge in [-0.15, -0.1) is 11.8 Å². The van der Waals surface area contributed by atoms with E-state index in [2.05, 4.69) is 22.4 Å². The van der Waals surface area contributed by atoms with E-state index in [1.165, 1.54) is 33.1 Å². The number of hydrogen-bond acceptors (Lipinski definition) is 9. The molecule has 0 saturated heterocycles. The van der Waals surface area contributed by atoms with E-state index in [1.807, 2.05) is 32.0 Å². The van der Waals surface area contributed by atoms with Crippen molar-refractivity contribution in [2.45, 2.75) is 25.3 Å². The van der Waals surface area contributed by atoms with Crippen LogP contribution in [0.15, 0.2) is 35.4 Å². The molecule has 0 unspecified atom stereocenters. The number of pyridine rings is 1. The predicted octanol–water partition coefficient (Wildman–Crippen LogP) is 4.84. The highest BCUT2D eigenvalue weighted by atomic mass is 32.2. The topological polar surface area (TPSA) is 143 Å². The number of rotatable bonds is 9. The van der Waals surface area contributed by atoms with Crippen molar-refractivity contribution >= 4 is 29.2 Å². The van der Waals surface area contributed by atoms with Crippen molar-refractivity contribution in [1.82, 2.24) is 4.98 Å². The molecule has 1 aromatic heterocycles. The number of benzene rings is 2. The van der Waals surface area contributed by atoms with E-state index in [0.717, 1.165) is 16.8 Å². The van der Waals surface area contributed by atoms with Crippen LogP contribution in [0.1, 0.15) is 28.7 Å². The van der Waals surface area contributed by atoms with Crippen LogP contribution in [0.4, 0.5) is 11.5 Å². The molecule has 0 fully saturated rings. The van der Waals surface area contributed by atoms with E-state index in [4.69, 9.17) is 19.9 Å². The zero-order chi connectivity index (χ0) is 27.1. The van der Waals surface area contributed by atoms with E-state index in [-0.39, 0.29) is 29.3 Å². The van der Waals surface area contributed by atoms with Crippen LogP contribution in [0.3, 0.4) is 0 Å². The lowest BCUT2D eigenvalue weighted by Gasteiger charge is -2.17. The maximum atomic E-state index is 12.5. The van der Waals surface area contributed by atoms with Crippen LogP contribution in [-0.4, -0.2) is 38.0 Å². The zero-order valence-electron chi connectivity index (χ0n) is 21.3. The lowest BCUT2D eigenvalue weighted by molar-refractivity contribution is -0.115. The van der Waals surface area contributed by atoms with Crippen molar-refractivity contribution in [3.63, 3.8) is 0 Å². The molecule has 190 valence electrons. The molecule has 37 heavy (non-hydrogen) atoms. The second-order valence-corrected chi connectivity index (χ2v) is 9.09. The fourth-order valence-corrected chi connectivity index (χ4v) is 4.64. The molecule has 0 saturated carbocycles. The Morgan fingerprint density at radius 1 is 1.00 bits per heavy atom. The first-order chi connectivity index (χ1) is 17.8. The van der Waals surface area contributed by atoms with Gasteiger partial charge >= 0.3 is 0 Å². The molecule has 0 aliphatic heterocycles. The highest BCUT2D eigenvalue weighted by Crippen LogP contribution is 2.44. The number of nitrogens with zero attached hydrogens (tertiary/aromatic N) is 3. The highest BCUT2D eigenvalue weighted by molar-refractivity contribution is 7.99. The number of anilines is 2. The third kappa shape index (κ3) is 5.88. The van der Waals surface area contributed by atoms with Crippen LogP contribution < -0.4 is 25.3 Å². The number of ether oxygens (including phenoxy) is 3. The zero-order valence-corrected chi connectivity index (χ0v) is 22.1. The summed E-state index contributed by atoms with van der Waals surface area (Å²) in [7, 11) is 4.43. The average Bonchev–Trinajstić information content (AvgIpc) is 2.89. The van der Waals surface area contributed by atoms with Gasteiger partial charge in [-0.05, 0) is 54.8 Å². The number of carbonyl (C=O) groups is 1. The minimum Gasteiger partial charge on any atom is -0.493 e. The Labute approximate surface area is 220 Å². The second kappa shape index (κ2) is 12.0. The minimum absolute atomic E-state index is 0.0210. The van der Waals surface area contributed by atoms with E-state index in [9.17, 15) is 15.3 Å². The Morgan fingerprint density at radius 2 is 1.65 bits per heavy atom. The van der Waals surface area contributed by atoms with Crippen LogP contribution in [0, 0.1) is 36.5 Å². The SMILES string of the molecule is COc1cc(-c2c(C#N)c(N)nc(SCCC(=O)Nc3ccc(C)c(C)c3)c2C#N)cc(OC)c1OC. The van der Waals surface area contributed by atoms with Crippen LogP contribution in [-0.2, 0) is 4.79 Å². The van der Waals surface area contributed by atoms with Crippen LogP contribution in [0.5, 0.6) is 17.2 Å². The minimum atomic E-state index is -0.166. The van der Waals surface area contributed by atoms with E-state index in [0.29, 0.717) is 39.2 Å². The largest absolute Gasteiger partial charge is 0.493 e. The quantitative estimate of drug-likeness (QED) is 0.381. The summed E-state index contributed by atoms with van der Waals surface area (Å²) >= 11 is 1.21. The summed E-state index contributed by atoms with van der Waals surface area (Å²) < 4.78 is 16.3. The van der Waals surface area contributed by atoms with Crippen molar-refractivity contribution in [2.75, 3.05) is 38.1 Å². The fraction of sp³-hybridized carbons (Fsp3) is 0.259. The van der Waals surface area contributed by atoms with Crippen LogP contribution >= 0.6 is 11.8 Å². The molecular weight excluding hydrogens is 490 g/mol. The van der Waals surface area contributed by atoms with Crippen molar-refractivity contribution in [3.05, 3.63) is 52.6 Å². The van der Waals surface area contributed by atoms with Gasteiger partial charge in [-0.25, -0.2) is 4.98 Å². The van der Waals surface area contributed by atoms with Gasteiger partial charge in [0, 0.05) is 23.4 Å². The summed E-state index contributed by atoms with van der Waals surface area (Å²) in [5, 5.41) is 23.1. The van der Waals surface area contributed by atoms with Crippen LogP contribution in [0.25, 0.3) is 11.1 Å². The first kappa shape index (κ1) is 27.2. The molecule has 0 atom stereocenters. The molecule has 10 heteroatoms. The van der Waals surface area contributed by atoms with Crippen molar-refractivity contribution in [3.8, 4) is 40.5 Å². The van der Waals surface area contributed by atoms with Crippen molar-refractivity contribution in [1.29, 1.82) is 10.5 Å². The second-order valence-electron chi connectivity index (χ2n) is 8.01. The van der Waals surface area contributed by atoms with E-state index >= 15 is 0 Å². The van der Waals surface area contributed by atoms with Gasteiger partial charge in [0.2, 0.25) is 11.7 Å². The van der Waals surface area contributed by atoms with Crippen molar-refractivity contribution < 1.29 is 19.0 Å². The van der Waals surface area contributed by atoms with E-state index in [1.54, 1.807) is 12.1 Å². The number of aromatic nitrogens is 1. The maximum Gasteiger partial charge on any atom is 0.225 e. The number of carbonyl (C=O) groups excluding carboxylic acids is 1. The Morgan fingerprint density at radius 3 is 2.19 bits per heavy atom. The standard InChI is InChI=1S/C27H27N5O4S/c1-15-6-7-18(10-16(15)2)31-23(33)8-9-37-27-20(14-29)24(19(13-28)26(30)32-27)17-11-21(34-3)25(36-5)22(12-17)35-4/h6-7,10-12H,8-9H2,1-5H3,(H2,30,32)(H,31,33). The molecule has 0 bridgehead atoms. The summed E-state index contributed by atoms with van der Waals surface area (Å²) in [6.07, 6.45) is 0.184. The number of methoxy groups -OCH3 is 3. The average molecular weight is 518 g/mol. The summed E-state index contributed by atoms with van der Waals surface area (Å²) in [6.45, 7) is 3.99. The molecular formula is C27H27N5O4S. The Balaban J connectivity index is 1.93. The first-order valence-corrected chi connectivity index (χ1v) is 12.2. The molecule has 0 radical (unpaired) electrons. The van der Waals surface area contributed by atoms with Gasteiger partial charge in [0.1, 0.15) is 28.5 Å². The summed E-state index contributed by atoms with van der Waals surface area (Å²) in [5.41, 5.74) is 10.1. The van der Waals surface area contributed by atoms with Gasteiger partial charge in [0.05, 0.1) is 26.9 Å². The van der Waals surface area contributed by atoms with Gasteiger partial charge in [-0.3, -0.25) is 4.79 Å². The monoisotopic (exact) mass is 517 g/mol. The summed E-state index contributed by atoms with van der Waals surface area (Å²) in [4.78, 5) is 16.8. The summed E-state index contributed by atoms with van der Waals surface area (Å²) in [6, 6.07) is 13.2.